The van der Waals surface area contributed by atoms with Crippen LogP contribution in [0.3, 0.4) is 0 Å². The van der Waals surface area contributed by atoms with Crippen LogP contribution in [0.5, 0.6) is 5.75 Å². The highest BCUT2D eigenvalue weighted by Gasteiger charge is 2.17. The maximum Gasteiger partial charge on any atom is 0.274 e. The van der Waals surface area contributed by atoms with Gasteiger partial charge in [0.2, 0.25) is 11.7 Å². The van der Waals surface area contributed by atoms with Gasteiger partial charge in [0, 0.05) is 16.8 Å². The minimum atomic E-state index is -0.143. The summed E-state index contributed by atoms with van der Waals surface area (Å²) in [5.74, 6) is 1.41. The topological polar surface area (TPSA) is 82.2 Å². The fourth-order valence-electron chi connectivity index (χ4n) is 3.24. The Morgan fingerprint density at radius 3 is 2.74 bits per heavy atom. The molecule has 0 radical (unpaired) electrons. The van der Waals surface area contributed by atoms with Crippen molar-refractivity contribution in [3.8, 4) is 28.7 Å². The van der Waals surface area contributed by atoms with Gasteiger partial charge in [-0.3, -0.25) is 4.79 Å². The number of nitrogens with one attached hydrogen (secondary N) is 1. The molecule has 0 aliphatic rings. The molecule has 0 aliphatic heterocycles. The summed E-state index contributed by atoms with van der Waals surface area (Å²) in [6, 6.07) is 18.3. The van der Waals surface area contributed by atoms with Crippen LogP contribution in [0.1, 0.15) is 18.5 Å². The van der Waals surface area contributed by atoms with E-state index in [2.05, 4.69) is 15.5 Å². The molecule has 2 heterocycles. The highest BCUT2D eigenvalue weighted by Crippen LogP contribution is 2.24. The first-order chi connectivity index (χ1) is 15.0. The first kappa shape index (κ1) is 20.7. The second-order valence-corrected chi connectivity index (χ2v) is 7.45. The van der Waals surface area contributed by atoms with Crippen molar-refractivity contribution in [3.05, 3.63) is 77.4 Å². The van der Waals surface area contributed by atoms with E-state index in [4.69, 9.17) is 20.9 Å². The lowest BCUT2D eigenvalue weighted by Gasteiger charge is -2.15. The van der Waals surface area contributed by atoms with Crippen LogP contribution in [-0.2, 0) is 11.3 Å². The molecule has 0 unspecified atom stereocenters. The van der Waals surface area contributed by atoms with E-state index in [0.717, 1.165) is 16.9 Å². The largest absolute Gasteiger partial charge is 0.497 e. The number of rotatable bonds is 7. The first-order valence-electron chi connectivity index (χ1n) is 9.72. The molecule has 0 fully saturated rings. The molecule has 4 rings (SSSR count). The van der Waals surface area contributed by atoms with Crippen LogP contribution in [0.15, 0.2) is 71.4 Å². The highest BCUT2D eigenvalue weighted by atomic mass is 35.5. The van der Waals surface area contributed by atoms with Crippen molar-refractivity contribution in [2.24, 2.45) is 0 Å². The molecular weight excluding hydrogens is 416 g/mol. The van der Waals surface area contributed by atoms with Gasteiger partial charge in [-0.2, -0.15) is 4.98 Å². The van der Waals surface area contributed by atoms with Gasteiger partial charge >= 0.3 is 0 Å². The van der Waals surface area contributed by atoms with Gasteiger partial charge in [-0.25, -0.2) is 0 Å². The third-order valence-corrected chi connectivity index (χ3v) is 5.10. The molecule has 0 bridgehead atoms. The summed E-state index contributed by atoms with van der Waals surface area (Å²) >= 11 is 6.04. The summed E-state index contributed by atoms with van der Waals surface area (Å²) in [7, 11) is 1.62. The summed E-state index contributed by atoms with van der Waals surface area (Å²) in [5, 5.41) is 7.64. The lowest BCUT2D eigenvalue weighted by atomic mass is 10.1. The molecule has 8 heteroatoms. The maximum atomic E-state index is 12.6. The Morgan fingerprint density at radius 2 is 2.00 bits per heavy atom. The number of halogens is 1. The van der Waals surface area contributed by atoms with Crippen molar-refractivity contribution in [1.82, 2.24) is 20.0 Å². The van der Waals surface area contributed by atoms with Gasteiger partial charge in [-0.1, -0.05) is 41.0 Å². The van der Waals surface area contributed by atoms with Gasteiger partial charge in [0.25, 0.3) is 5.89 Å². The first-order valence-corrected chi connectivity index (χ1v) is 10.1. The number of carbonyl (C=O) groups is 1. The van der Waals surface area contributed by atoms with E-state index in [1.54, 1.807) is 30.0 Å². The summed E-state index contributed by atoms with van der Waals surface area (Å²) in [6.45, 7) is 2.06. The Hall–Kier alpha value is -3.58. The van der Waals surface area contributed by atoms with Crippen LogP contribution in [0, 0.1) is 0 Å². The van der Waals surface area contributed by atoms with Gasteiger partial charge in [0.05, 0.1) is 13.2 Å². The number of hydrogen-bond donors (Lipinski definition) is 1. The van der Waals surface area contributed by atoms with Crippen molar-refractivity contribution in [1.29, 1.82) is 0 Å². The standard InChI is InChI=1S/C23H21ClN4O3/c1-15(16-8-10-19(30-2)11-9-16)25-21(29)14-28-12-4-7-20(28)23-26-22(27-31-23)17-5-3-6-18(24)13-17/h3-13,15H,14H2,1-2H3,(H,25,29)/t15-/m0/s1. The van der Waals surface area contributed by atoms with Gasteiger partial charge in [0.15, 0.2) is 0 Å². The summed E-state index contributed by atoms with van der Waals surface area (Å²) in [4.78, 5) is 17.1. The van der Waals surface area contributed by atoms with Crippen LogP contribution in [-0.4, -0.2) is 27.7 Å². The third-order valence-electron chi connectivity index (χ3n) is 4.86. The van der Waals surface area contributed by atoms with Gasteiger partial charge in [-0.15, -0.1) is 0 Å². The number of ether oxygens (including phenoxy) is 1. The van der Waals surface area contributed by atoms with E-state index in [1.165, 1.54) is 0 Å². The lowest BCUT2D eigenvalue weighted by Crippen LogP contribution is -2.30. The molecule has 7 nitrogen and oxygen atoms in total. The zero-order chi connectivity index (χ0) is 21.8. The second kappa shape index (κ2) is 9.06. The number of amides is 1. The quantitative estimate of drug-likeness (QED) is 0.452. The van der Waals surface area contributed by atoms with E-state index in [-0.39, 0.29) is 18.5 Å². The minimum Gasteiger partial charge on any atom is -0.497 e. The summed E-state index contributed by atoms with van der Waals surface area (Å²) in [5.41, 5.74) is 2.41. The van der Waals surface area contributed by atoms with Gasteiger partial charge in [-0.05, 0) is 48.9 Å². The molecular formula is C23H21ClN4O3. The molecule has 4 aromatic rings. The number of carbonyl (C=O) groups excluding carboxylic acids is 1. The normalized spacial score (nSPS) is 11.8. The monoisotopic (exact) mass is 436 g/mol. The fraction of sp³-hybridized carbons (Fsp3) is 0.174. The molecule has 2 aromatic heterocycles. The fourth-order valence-corrected chi connectivity index (χ4v) is 3.43. The maximum absolute atomic E-state index is 12.6. The predicted molar refractivity (Wildman–Crippen MR) is 118 cm³/mol. The molecule has 1 N–H and O–H groups in total. The Morgan fingerprint density at radius 1 is 1.19 bits per heavy atom. The Bertz CT molecular complexity index is 1180. The van der Waals surface area contributed by atoms with E-state index >= 15 is 0 Å². The summed E-state index contributed by atoms with van der Waals surface area (Å²) < 4.78 is 12.4. The predicted octanol–water partition coefficient (Wildman–Crippen LogP) is 4.74. The molecule has 0 saturated carbocycles. The Balaban J connectivity index is 1.45. The highest BCUT2D eigenvalue weighted by molar-refractivity contribution is 6.30. The molecule has 0 aliphatic carbocycles. The van der Waals surface area contributed by atoms with E-state index in [9.17, 15) is 4.79 Å². The van der Waals surface area contributed by atoms with Crippen molar-refractivity contribution in [3.63, 3.8) is 0 Å². The second-order valence-electron chi connectivity index (χ2n) is 7.02. The molecule has 158 valence electrons. The van der Waals surface area contributed by atoms with Crippen LogP contribution in [0.25, 0.3) is 23.0 Å². The number of nitrogens with zero attached hydrogens (tertiary/aromatic N) is 3. The van der Waals surface area contributed by atoms with Crippen molar-refractivity contribution in [2.75, 3.05) is 7.11 Å². The van der Waals surface area contributed by atoms with Gasteiger partial charge < -0.3 is 19.1 Å². The minimum absolute atomic E-state index is 0.123. The van der Waals surface area contributed by atoms with Crippen LogP contribution >= 0.6 is 11.6 Å². The molecule has 1 amide bonds. The van der Waals surface area contributed by atoms with E-state index in [1.807, 2.05) is 55.5 Å². The number of aromatic nitrogens is 3. The molecule has 2 aromatic carbocycles. The molecule has 31 heavy (non-hydrogen) atoms. The van der Waals surface area contributed by atoms with Gasteiger partial charge in [0.1, 0.15) is 18.0 Å². The van der Waals surface area contributed by atoms with Crippen LogP contribution in [0.4, 0.5) is 0 Å². The average molecular weight is 437 g/mol. The van der Waals surface area contributed by atoms with Crippen LogP contribution < -0.4 is 10.1 Å². The van der Waals surface area contributed by atoms with Crippen LogP contribution in [0.2, 0.25) is 5.02 Å². The number of benzene rings is 2. The SMILES string of the molecule is COc1ccc([C@H](C)NC(=O)Cn2cccc2-c2nc(-c3cccc(Cl)c3)no2)cc1. The zero-order valence-corrected chi connectivity index (χ0v) is 17.8. The average Bonchev–Trinajstić information content (AvgIpc) is 3.43. The Labute approximate surface area is 184 Å². The number of methoxy groups -OCH3 is 1. The van der Waals surface area contributed by atoms with Crippen molar-refractivity contribution >= 4 is 17.5 Å². The molecule has 1 atom stereocenters. The van der Waals surface area contributed by atoms with Crippen molar-refractivity contribution in [2.45, 2.75) is 19.5 Å². The van der Waals surface area contributed by atoms with E-state index in [0.29, 0.717) is 22.4 Å². The van der Waals surface area contributed by atoms with Crippen molar-refractivity contribution < 1.29 is 14.1 Å². The molecule has 0 saturated heterocycles. The number of hydrogen-bond acceptors (Lipinski definition) is 5. The lowest BCUT2D eigenvalue weighted by molar-refractivity contribution is -0.122. The third kappa shape index (κ3) is 4.78. The smallest absolute Gasteiger partial charge is 0.274 e. The Kier molecular flexibility index (Phi) is 6.04. The molecule has 0 spiro atoms. The van der Waals surface area contributed by atoms with E-state index < -0.39 is 0 Å². The zero-order valence-electron chi connectivity index (χ0n) is 17.1. The summed E-state index contributed by atoms with van der Waals surface area (Å²) in [6.07, 6.45) is 1.80.